The van der Waals surface area contributed by atoms with E-state index in [-0.39, 0.29) is 16.9 Å². The number of anilines is 1. The first-order valence-corrected chi connectivity index (χ1v) is 7.49. The summed E-state index contributed by atoms with van der Waals surface area (Å²) >= 11 is 0. The number of likely N-dealkylation sites (tertiary alicyclic amines) is 1. The van der Waals surface area contributed by atoms with Crippen molar-refractivity contribution in [2.24, 2.45) is 5.84 Å². The zero-order valence-electron chi connectivity index (χ0n) is 10.7. The van der Waals surface area contributed by atoms with Gasteiger partial charge in [0.1, 0.15) is 4.90 Å². The van der Waals surface area contributed by atoms with Crippen LogP contribution in [0, 0.1) is 0 Å². The van der Waals surface area contributed by atoms with Crippen LogP contribution < -0.4 is 16.0 Å². The number of sulfonamides is 1. The third-order valence-electron chi connectivity index (χ3n) is 3.01. The van der Waals surface area contributed by atoms with E-state index < -0.39 is 10.0 Å². The van der Waals surface area contributed by atoms with E-state index in [4.69, 9.17) is 5.84 Å². The molecule has 2 heterocycles. The van der Waals surface area contributed by atoms with Crippen LogP contribution in [0.3, 0.4) is 0 Å². The Labute approximate surface area is 112 Å². The van der Waals surface area contributed by atoms with Gasteiger partial charge in [-0.25, -0.2) is 29.0 Å². The predicted octanol–water partition coefficient (Wildman–Crippen LogP) is -0.865. The molecule has 4 N–H and O–H groups in total. The maximum atomic E-state index is 12.1. The molecular formula is C10H18N6O2S. The number of nitrogens with two attached hydrogens (primary N) is 1. The third kappa shape index (κ3) is 3.60. The fourth-order valence-electron chi connectivity index (χ4n) is 2.08. The summed E-state index contributed by atoms with van der Waals surface area (Å²) in [6.45, 7) is 1.71. The van der Waals surface area contributed by atoms with Crippen LogP contribution in [0.5, 0.6) is 0 Å². The lowest BCUT2D eigenvalue weighted by Gasteiger charge is -2.29. The monoisotopic (exact) mass is 286 g/mol. The maximum absolute atomic E-state index is 12.1. The van der Waals surface area contributed by atoms with Gasteiger partial charge in [0.15, 0.2) is 0 Å². The second kappa shape index (κ2) is 5.78. The van der Waals surface area contributed by atoms with E-state index in [0.29, 0.717) is 6.54 Å². The topological polar surface area (TPSA) is 113 Å². The van der Waals surface area contributed by atoms with Crippen molar-refractivity contribution in [1.82, 2.24) is 19.6 Å². The van der Waals surface area contributed by atoms with Crippen LogP contribution in [0.15, 0.2) is 17.3 Å². The van der Waals surface area contributed by atoms with E-state index in [2.05, 4.69) is 25.0 Å². The molecule has 1 unspecified atom stereocenters. The first-order chi connectivity index (χ1) is 9.01. The zero-order valence-corrected chi connectivity index (χ0v) is 11.5. The number of hydrogen-bond acceptors (Lipinski definition) is 7. The molecule has 1 aliphatic heterocycles. The normalized spacial score (nSPS) is 21.3. The van der Waals surface area contributed by atoms with Gasteiger partial charge in [0, 0.05) is 12.6 Å². The molecule has 0 bridgehead atoms. The number of piperidine rings is 1. The molecule has 1 saturated heterocycles. The fourth-order valence-corrected chi connectivity index (χ4v) is 3.23. The Balaban J connectivity index is 2.08. The molecule has 1 atom stereocenters. The van der Waals surface area contributed by atoms with Gasteiger partial charge < -0.3 is 4.90 Å². The third-order valence-corrected chi connectivity index (χ3v) is 4.49. The smallest absolute Gasteiger partial charge is 0.243 e. The summed E-state index contributed by atoms with van der Waals surface area (Å²) in [5.74, 6) is 5.31. The van der Waals surface area contributed by atoms with Gasteiger partial charge in [-0.3, -0.25) is 5.43 Å². The molecule has 8 nitrogen and oxygen atoms in total. The van der Waals surface area contributed by atoms with Crippen molar-refractivity contribution in [2.45, 2.75) is 23.8 Å². The average molecular weight is 286 g/mol. The number of nitrogen functional groups attached to an aromatic ring is 1. The van der Waals surface area contributed by atoms with Crippen molar-refractivity contribution in [1.29, 1.82) is 0 Å². The molecular weight excluding hydrogens is 268 g/mol. The lowest BCUT2D eigenvalue weighted by molar-refractivity contribution is 0.242. The summed E-state index contributed by atoms with van der Waals surface area (Å²) in [7, 11) is -1.60. The van der Waals surface area contributed by atoms with Gasteiger partial charge in [-0.1, -0.05) is 0 Å². The van der Waals surface area contributed by atoms with Gasteiger partial charge in [-0.15, -0.1) is 0 Å². The summed E-state index contributed by atoms with van der Waals surface area (Å²) in [6, 6.07) is -0.0731. The van der Waals surface area contributed by atoms with E-state index in [1.807, 2.05) is 7.05 Å². The first kappa shape index (κ1) is 14.1. The van der Waals surface area contributed by atoms with Crippen molar-refractivity contribution in [3.8, 4) is 0 Å². The summed E-state index contributed by atoms with van der Waals surface area (Å²) in [6.07, 6.45) is 4.29. The molecule has 2 rings (SSSR count). The van der Waals surface area contributed by atoms with Crippen LogP contribution in [0.25, 0.3) is 0 Å². The minimum Gasteiger partial charge on any atom is -0.305 e. The molecule has 106 valence electrons. The van der Waals surface area contributed by atoms with Crippen molar-refractivity contribution < 1.29 is 8.42 Å². The zero-order chi connectivity index (χ0) is 13.9. The SMILES string of the molecule is CN1CCCC(NS(=O)(=O)c2cnc(NN)nc2)C1. The van der Waals surface area contributed by atoms with Gasteiger partial charge in [0.25, 0.3) is 0 Å². The predicted molar refractivity (Wildman–Crippen MR) is 70.7 cm³/mol. The Morgan fingerprint density at radius 1 is 1.42 bits per heavy atom. The van der Waals surface area contributed by atoms with Gasteiger partial charge in [0.2, 0.25) is 16.0 Å². The number of nitrogens with zero attached hydrogens (tertiary/aromatic N) is 3. The van der Waals surface area contributed by atoms with Crippen LogP contribution in [-0.2, 0) is 10.0 Å². The van der Waals surface area contributed by atoms with Crippen LogP contribution in [-0.4, -0.2) is 49.5 Å². The fraction of sp³-hybridized carbons (Fsp3) is 0.600. The van der Waals surface area contributed by atoms with Gasteiger partial charge in [-0.2, -0.15) is 0 Å². The molecule has 1 fully saturated rings. The lowest BCUT2D eigenvalue weighted by atomic mass is 10.1. The van der Waals surface area contributed by atoms with E-state index in [1.54, 1.807) is 0 Å². The molecule has 1 aliphatic rings. The number of rotatable bonds is 4. The van der Waals surface area contributed by atoms with Gasteiger partial charge >= 0.3 is 0 Å². The van der Waals surface area contributed by atoms with Crippen LogP contribution in [0.2, 0.25) is 0 Å². The number of hydrogen-bond donors (Lipinski definition) is 3. The lowest BCUT2D eigenvalue weighted by Crippen LogP contribution is -2.46. The van der Waals surface area contributed by atoms with Crippen LogP contribution >= 0.6 is 0 Å². The molecule has 0 spiro atoms. The van der Waals surface area contributed by atoms with Crippen LogP contribution in [0.4, 0.5) is 5.95 Å². The Bertz CT molecular complexity index is 517. The molecule has 0 aromatic carbocycles. The number of nitrogens with one attached hydrogen (secondary N) is 2. The highest BCUT2D eigenvalue weighted by molar-refractivity contribution is 7.89. The standard InChI is InChI=1S/C10H18N6O2S/c1-16-4-2-3-8(7-16)15-19(17,18)9-5-12-10(14-11)13-6-9/h5-6,8,15H,2-4,7,11H2,1H3,(H,12,13,14). The number of aromatic nitrogens is 2. The van der Waals surface area contributed by atoms with E-state index in [9.17, 15) is 8.42 Å². The highest BCUT2D eigenvalue weighted by Gasteiger charge is 2.24. The molecule has 0 aliphatic carbocycles. The minimum absolute atomic E-state index is 0.0414. The van der Waals surface area contributed by atoms with Crippen molar-refractivity contribution >= 4 is 16.0 Å². The van der Waals surface area contributed by atoms with Gasteiger partial charge in [-0.05, 0) is 26.4 Å². The van der Waals surface area contributed by atoms with Gasteiger partial charge in [0.05, 0.1) is 12.4 Å². The summed E-state index contributed by atoms with van der Waals surface area (Å²) < 4.78 is 27.0. The Morgan fingerprint density at radius 3 is 2.68 bits per heavy atom. The Morgan fingerprint density at radius 2 is 2.11 bits per heavy atom. The van der Waals surface area contributed by atoms with Crippen molar-refractivity contribution in [2.75, 3.05) is 25.6 Å². The molecule has 19 heavy (non-hydrogen) atoms. The minimum atomic E-state index is -3.58. The highest BCUT2D eigenvalue weighted by atomic mass is 32.2. The van der Waals surface area contributed by atoms with Crippen molar-refractivity contribution in [3.63, 3.8) is 0 Å². The molecule has 0 radical (unpaired) electrons. The first-order valence-electron chi connectivity index (χ1n) is 6.01. The maximum Gasteiger partial charge on any atom is 0.243 e. The second-order valence-electron chi connectivity index (χ2n) is 4.61. The summed E-state index contributed by atoms with van der Waals surface area (Å²) in [5, 5.41) is 0. The number of hydrazine groups is 1. The van der Waals surface area contributed by atoms with E-state index in [0.717, 1.165) is 19.4 Å². The Kier molecular flexibility index (Phi) is 4.30. The number of likely N-dealkylation sites (N-methyl/N-ethyl adjacent to an activating group) is 1. The largest absolute Gasteiger partial charge is 0.305 e. The van der Waals surface area contributed by atoms with Crippen molar-refractivity contribution in [3.05, 3.63) is 12.4 Å². The molecule has 1 aromatic heterocycles. The summed E-state index contributed by atoms with van der Waals surface area (Å²) in [5.41, 5.74) is 2.25. The van der Waals surface area contributed by atoms with E-state index in [1.165, 1.54) is 12.4 Å². The average Bonchev–Trinajstić information content (AvgIpc) is 2.38. The summed E-state index contributed by atoms with van der Waals surface area (Å²) in [4.78, 5) is 9.74. The molecule has 9 heteroatoms. The van der Waals surface area contributed by atoms with Crippen LogP contribution in [0.1, 0.15) is 12.8 Å². The van der Waals surface area contributed by atoms with E-state index >= 15 is 0 Å². The molecule has 0 saturated carbocycles. The Hall–Kier alpha value is -1.29. The highest BCUT2D eigenvalue weighted by Crippen LogP contribution is 2.13. The quantitative estimate of drug-likeness (QED) is 0.487. The second-order valence-corrected chi connectivity index (χ2v) is 6.32. The molecule has 1 aromatic rings. The molecule has 0 amide bonds.